The van der Waals surface area contributed by atoms with Crippen LogP contribution in [0.25, 0.3) is 0 Å². The van der Waals surface area contributed by atoms with Crippen molar-refractivity contribution >= 4 is 40.7 Å². The number of nitrogens with zero attached hydrogens (tertiary/aromatic N) is 3. The molecule has 2 bridgehead atoms. The first-order valence-corrected chi connectivity index (χ1v) is 14.0. The number of hydrogen-bond donors (Lipinski definition) is 1. The second kappa shape index (κ2) is 11.6. The van der Waals surface area contributed by atoms with Gasteiger partial charge in [-0.05, 0) is 55.7 Å². The van der Waals surface area contributed by atoms with E-state index in [0.29, 0.717) is 35.7 Å². The Morgan fingerprint density at radius 1 is 1.02 bits per heavy atom. The second-order valence-corrected chi connectivity index (χ2v) is 10.9. The first-order valence-electron chi connectivity index (χ1n) is 13.6. The molecule has 3 aliphatic rings. The number of benzene rings is 2. The standard InChI is InChI=1S/C31H34ClN3O5/c1-3-17-33(22-9-6-5-7-10-22)28(37)25-24-15-16-31(40-24)26(25)29(38)35(19-8-20-36)27(31)30(39)34(18-4-2)23-13-11-21(32)12-14-23/h3-7,9-14,24-27,36H,1-2,8,15-20H2/t24-,25+,26-,27?,31?/m0/s1. The zero-order valence-corrected chi connectivity index (χ0v) is 23.1. The molecule has 0 radical (unpaired) electrons. The summed E-state index contributed by atoms with van der Waals surface area (Å²) in [6, 6.07) is 15.2. The van der Waals surface area contributed by atoms with Crippen LogP contribution in [0.4, 0.5) is 11.4 Å². The predicted molar refractivity (Wildman–Crippen MR) is 154 cm³/mol. The fourth-order valence-corrected chi connectivity index (χ4v) is 6.78. The molecule has 2 aromatic carbocycles. The molecule has 1 N–H and O–H groups in total. The lowest BCUT2D eigenvalue weighted by atomic mass is 9.70. The van der Waals surface area contributed by atoms with Gasteiger partial charge in [0.15, 0.2) is 0 Å². The summed E-state index contributed by atoms with van der Waals surface area (Å²) in [5, 5.41) is 10.1. The van der Waals surface area contributed by atoms with Crippen molar-refractivity contribution in [2.24, 2.45) is 11.8 Å². The molecule has 210 valence electrons. The van der Waals surface area contributed by atoms with Crippen molar-refractivity contribution in [3.63, 3.8) is 0 Å². The Bertz CT molecular complexity index is 1290. The van der Waals surface area contributed by atoms with Gasteiger partial charge in [0.1, 0.15) is 11.6 Å². The van der Waals surface area contributed by atoms with Crippen molar-refractivity contribution < 1.29 is 24.2 Å². The van der Waals surface area contributed by atoms with Crippen molar-refractivity contribution in [1.29, 1.82) is 0 Å². The highest BCUT2D eigenvalue weighted by Gasteiger charge is 2.74. The summed E-state index contributed by atoms with van der Waals surface area (Å²) in [7, 11) is 0. The molecule has 8 nitrogen and oxygen atoms in total. The highest BCUT2D eigenvalue weighted by atomic mass is 35.5. The minimum Gasteiger partial charge on any atom is -0.396 e. The highest BCUT2D eigenvalue weighted by molar-refractivity contribution is 6.30. The van der Waals surface area contributed by atoms with Gasteiger partial charge in [-0.1, -0.05) is 42.0 Å². The number of carbonyl (C=O) groups is 3. The maximum absolute atomic E-state index is 14.4. The molecule has 0 aliphatic carbocycles. The van der Waals surface area contributed by atoms with Crippen LogP contribution in [0.3, 0.4) is 0 Å². The van der Waals surface area contributed by atoms with Gasteiger partial charge in [0.2, 0.25) is 11.8 Å². The summed E-state index contributed by atoms with van der Waals surface area (Å²) in [5.74, 6) is -2.35. The van der Waals surface area contributed by atoms with E-state index in [1.54, 1.807) is 46.2 Å². The Kier molecular flexibility index (Phi) is 8.12. The number of carbonyl (C=O) groups excluding carboxylic acids is 3. The van der Waals surface area contributed by atoms with E-state index < -0.39 is 29.6 Å². The third-order valence-corrected chi connectivity index (χ3v) is 8.49. The number of hydrogen-bond acceptors (Lipinski definition) is 5. The molecular formula is C31H34ClN3O5. The number of aliphatic hydroxyl groups excluding tert-OH is 1. The van der Waals surface area contributed by atoms with E-state index in [9.17, 15) is 19.5 Å². The predicted octanol–water partition coefficient (Wildman–Crippen LogP) is 3.84. The fraction of sp³-hybridized carbons (Fsp3) is 0.387. The molecule has 2 aromatic rings. The minimum absolute atomic E-state index is 0.136. The van der Waals surface area contributed by atoms with E-state index in [0.717, 1.165) is 0 Å². The zero-order chi connectivity index (χ0) is 28.4. The van der Waals surface area contributed by atoms with Crippen LogP contribution in [0.5, 0.6) is 0 Å². The molecule has 0 aromatic heterocycles. The maximum Gasteiger partial charge on any atom is 0.253 e. The van der Waals surface area contributed by atoms with Crippen LogP contribution in [-0.2, 0) is 19.1 Å². The van der Waals surface area contributed by atoms with Crippen molar-refractivity contribution in [2.75, 3.05) is 36.0 Å². The van der Waals surface area contributed by atoms with Gasteiger partial charge < -0.3 is 24.5 Å². The molecule has 0 saturated carbocycles. The monoisotopic (exact) mass is 563 g/mol. The lowest BCUT2D eigenvalue weighted by Crippen LogP contribution is -2.56. The van der Waals surface area contributed by atoms with E-state index >= 15 is 0 Å². The molecule has 3 aliphatic heterocycles. The first-order chi connectivity index (χ1) is 19.4. The molecule has 3 amide bonds. The average Bonchev–Trinajstić information content (AvgIpc) is 3.61. The largest absolute Gasteiger partial charge is 0.396 e. The van der Waals surface area contributed by atoms with Crippen molar-refractivity contribution in [3.8, 4) is 0 Å². The van der Waals surface area contributed by atoms with Crippen LogP contribution >= 0.6 is 11.6 Å². The molecular weight excluding hydrogens is 530 g/mol. The second-order valence-electron chi connectivity index (χ2n) is 10.5. The van der Waals surface area contributed by atoms with Crippen LogP contribution in [0.1, 0.15) is 19.3 Å². The molecule has 40 heavy (non-hydrogen) atoms. The maximum atomic E-state index is 14.4. The SMILES string of the molecule is C=CCN(C(=O)C1N(CCCO)C(=O)[C@@H]2[C@H](C(=O)N(CC=C)c3ccccc3)[C@@H]3CCC12O3)c1ccc(Cl)cc1. The van der Waals surface area contributed by atoms with Gasteiger partial charge in [-0.25, -0.2) is 0 Å². The van der Waals surface area contributed by atoms with Gasteiger partial charge >= 0.3 is 0 Å². The number of para-hydroxylation sites is 1. The van der Waals surface area contributed by atoms with Crippen LogP contribution < -0.4 is 9.80 Å². The van der Waals surface area contributed by atoms with Gasteiger partial charge in [0.25, 0.3) is 5.91 Å². The Hall–Kier alpha value is -3.46. The summed E-state index contributed by atoms with van der Waals surface area (Å²) < 4.78 is 6.59. The van der Waals surface area contributed by atoms with Crippen molar-refractivity contribution in [3.05, 3.63) is 84.9 Å². The summed E-state index contributed by atoms with van der Waals surface area (Å²) in [5.41, 5.74) is 0.182. The summed E-state index contributed by atoms with van der Waals surface area (Å²) in [4.78, 5) is 47.4. The lowest BCUT2D eigenvalue weighted by Gasteiger charge is -2.37. The van der Waals surface area contributed by atoms with E-state index in [-0.39, 0.29) is 44.0 Å². The Morgan fingerprint density at radius 2 is 1.65 bits per heavy atom. The number of ether oxygens (including phenoxy) is 1. The smallest absolute Gasteiger partial charge is 0.253 e. The number of halogens is 1. The molecule has 3 saturated heterocycles. The number of fused-ring (bicyclic) bond motifs is 1. The van der Waals surface area contributed by atoms with E-state index in [2.05, 4.69) is 13.2 Å². The molecule has 3 fully saturated rings. The van der Waals surface area contributed by atoms with Gasteiger partial charge in [-0.15, -0.1) is 13.2 Å². The molecule has 3 heterocycles. The molecule has 9 heteroatoms. The van der Waals surface area contributed by atoms with Crippen LogP contribution in [-0.4, -0.2) is 71.7 Å². The number of likely N-dealkylation sites (tertiary alicyclic amines) is 1. The summed E-state index contributed by atoms with van der Waals surface area (Å²) in [6.45, 7) is 8.18. The lowest BCUT2D eigenvalue weighted by molar-refractivity contribution is -0.141. The van der Waals surface area contributed by atoms with Crippen LogP contribution in [0.2, 0.25) is 5.02 Å². The fourth-order valence-electron chi connectivity index (χ4n) is 6.66. The summed E-state index contributed by atoms with van der Waals surface area (Å²) >= 11 is 6.10. The first kappa shape index (κ1) is 28.1. The van der Waals surface area contributed by atoms with Crippen molar-refractivity contribution in [2.45, 2.75) is 37.0 Å². The summed E-state index contributed by atoms with van der Waals surface area (Å²) in [6.07, 6.45) is 4.16. The van der Waals surface area contributed by atoms with Gasteiger partial charge in [0, 0.05) is 42.6 Å². The van der Waals surface area contributed by atoms with Gasteiger partial charge in [-0.2, -0.15) is 0 Å². The quantitative estimate of drug-likeness (QED) is 0.420. The van der Waals surface area contributed by atoms with Gasteiger partial charge in [-0.3, -0.25) is 14.4 Å². The molecule has 5 rings (SSSR count). The van der Waals surface area contributed by atoms with Crippen LogP contribution in [0, 0.1) is 11.8 Å². The number of amides is 3. The van der Waals surface area contributed by atoms with Gasteiger partial charge in [0.05, 0.1) is 17.9 Å². The third-order valence-electron chi connectivity index (χ3n) is 8.24. The van der Waals surface area contributed by atoms with E-state index in [1.807, 2.05) is 30.3 Å². The van der Waals surface area contributed by atoms with E-state index in [4.69, 9.17) is 16.3 Å². The van der Waals surface area contributed by atoms with Crippen LogP contribution in [0.15, 0.2) is 79.9 Å². The third kappa shape index (κ3) is 4.64. The molecule has 2 unspecified atom stereocenters. The highest BCUT2D eigenvalue weighted by Crippen LogP contribution is 2.59. The molecule has 5 atom stereocenters. The zero-order valence-electron chi connectivity index (χ0n) is 22.3. The Labute approximate surface area is 239 Å². The Morgan fingerprint density at radius 3 is 2.27 bits per heavy atom. The molecule has 1 spiro atoms. The van der Waals surface area contributed by atoms with Crippen molar-refractivity contribution in [1.82, 2.24) is 4.90 Å². The minimum atomic E-state index is -1.14. The number of rotatable bonds is 11. The van der Waals surface area contributed by atoms with E-state index in [1.165, 1.54) is 4.90 Å². The number of aliphatic hydroxyl groups is 1. The Balaban J connectivity index is 1.54. The normalized spacial score (nSPS) is 26.4. The topological polar surface area (TPSA) is 90.4 Å². The average molecular weight is 564 g/mol. The number of anilines is 2.